The van der Waals surface area contributed by atoms with E-state index in [-0.39, 0.29) is 11.5 Å². The number of amides is 1. The number of methoxy groups -OCH3 is 1. The first-order valence-electron chi connectivity index (χ1n) is 8.19. The van der Waals surface area contributed by atoms with Crippen molar-refractivity contribution >= 4 is 16.9 Å². The Hall–Kier alpha value is -2.34. The predicted molar refractivity (Wildman–Crippen MR) is 91.5 cm³/mol. The molecule has 1 aromatic heterocycles. The maximum Gasteiger partial charge on any atom is 0.339 e. The summed E-state index contributed by atoms with van der Waals surface area (Å²) in [6, 6.07) is 5.43. The lowest BCUT2D eigenvalue weighted by atomic mass is 10.0. The van der Waals surface area contributed by atoms with Crippen molar-refractivity contribution in [1.29, 1.82) is 0 Å². The molecule has 6 nitrogen and oxygen atoms in total. The van der Waals surface area contributed by atoms with Crippen LogP contribution in [0, 0.1) is 6.92 Å². The number of nitrogens with one attached hydrogen (secondary N) is 1. The molecular formula is C18H22N2O4. The van der Waals surface area contributed by atoms with Gasteiger partial charge in [0.05, 0.1) is 7.11 Å². The van der Waals surface area contributed by atoms with Crippen LogP contribution in [0.15, 0.2) is 27.4 Å². The third-order valence-corrected chi connectivity index (χ3v) is 4.55. The van der Waals surface area contributed by atoms with Crippen molar-refractivity contribution in [2.75, 3.05) is 33.3 Å². The molecule has 2 heterocycles. The number of carbonyl (C=O) groups excluding carboxylic acids is 1. The van der Waals surface area contributed by atoms with Crippen LogP contribution in [0.25, 0.3) is 11.0 Å². The van der Waals surface area contributed by atoms with E-state index >= 15 is 0 Å². The van der Waals surface area contributed by atoms with E-state index in [1.54, 1.807) is 13.2 Å². The van der Waals surface area contributed by atoms with Crippen molar-refractivity contribution in [1.82, 2.24) is 10.2 Å². The van der Waals surface area contributed by atoms with Gasteiger partial charge in [-0.2, -0.15) is 0 Å². The van der Waals surface area contributed by atoms with Crippen molar-refractivity contribution in [2.24, 2.45) is 0 Å². The quantitative estimate of drug-likeness (QED) is 0.860. The largest absolute Gasteiger partial charge is 0.497 e. The number of ether oxygens (including phenoxy) is 1. The number of piperazine rings is 1. The molecule has 0 bridgehead atoms. The van der Waals surface area contributed by atoms with Gasteiger partial charge in [-0.05, 0) is 31.0 Å². The summed E-state index contributed by atoms with van der Waals surface area (Å²) >= 11 is 0. The Labute approximate surface area is 140 Å². The fourth-order valence-corrected chi connectivity index (χ4v) is 3.09. The highest BCUT2D eigenvalue weighted by molar-refractivity contribution is 5.82. The van der Waals surface area contributed by atoms with Crippen LogP contribution in [0.1, 0.15) is 17.5 Å². The Morgan fingerprint density at radius 3 is 2.79 bits per heavy atom. The van der Waals surface area contributed by atoms with E-state index in [4.69, 9.17) is 9.15 Å². The average molecular weight is 330 g/mol. The zero-order chi connectivity index (χ0) is 17.1. The Bertz CT molecular complexity index is 807. The van der Waals surface area contributed by atoms with E-state index in [1.165, 1.54) is 0 Å². The summed E-state index contributed by atoms with van der Waals surface area (Å²) in [4.78, 5) is 26.4. The van der Waals surface area contributed by atoms with Crippen LogP contribution in [0.2, 0.25) is 0 Å². The van der Waals surface area contributed by atoms with Gasteiger partial charge in [0.15, 0.2) is 0 Å². The summed E-state index contributed by atoms with van der Waals surface area (Å²) in [5.41, 5.74) is 1.59. The Balaban J connectivity index is 1.81. The van der Waals surface area contributed by atoms with Gasteiger partial charge in [-0.25, -0.2) is 4.79 Å². The molecule has 1 aliphatic heterocycles. The molecule has 1 aromatic carbocycles. The molecule has 1 N–H and O–H groups in total. The maximum atomic E-state index is 12.3. The molecule has 0 radical (unpaired) electrons. The molecule has 0 aliphatic carbocycles. The molecule has 128 valence electrons. The number of benzene rings is 1. The first-order chi connectivity index (χ1) is 11.6. The zero-order valence-electron chi connectivity index (χ0n) is 14.1. The summed E-state index contributed by atoms with van der Waals surface area (Å²) in [7, 11) is 1.57. The topological polar surface area (TPSA) is 71.8 Å². The van der Waals surface area contributed by atoms with Gasteiger partial charge in [0.2, 0.25) is 5.91 Å². The van der Waals surface area contributed by atoms with Crippen LogP contribution < -0.4 is 15.7 Å². The summed E-state index contributed by atoms with van der Waals surface area (Å²) in [5.74, 6) is 0.733. The molecule has 1 fully saturated rings. The molecule has 0 atom stereocenters. The minimum Gasteiger partial charge on any atom is -0.497 e. The summed E-state index contributed by atoms with van der Waals surface area (Å²) in [6.07, 6.45) is 0.728. The number of rotatable bonds is 4. The highest BCUT2D eigenvalue weighted by Crippen LogP contribution is 2.24. The summed E-state index contributed by atoms with van der Waals surface area (Å²) in [6.45, 7) is 5.00. The molecule has 0 unspecified atom stereocenters. The van der Waals surface area contributed by atoms with Crippen LogP contribution in [0.5, 0.6) is 5.75 Å². The van der Waals surface area contributed by atoms with Crippen LogP contribution in [0.4, 0.5) is 0 Å². The first kappa shape index (κ1) is 16.5. The lowest BCUT2D eigenvalue weighted by Crippen LogP contribution is -2.46. The smallest absolute Gasteiger partial charge is 0.339 e. The fourth-order valence-electron chi connectivity index (χ4n) is 3.09. The molecule has 1 amide bonds. The number of fused-ring (bicyclic) bond motifs is 1. The van der Waals surface area contributed by atoms with E-state index < -0.39 is 0 Å². The van der Waals surface area contributed by atoms with Gasteiger partial charge in [0.1, 0.15) is 11.3 Å². The second-order valence-corrected chi connectivity index (χ2v) is 5.99. The van der Waals surface area contributed by atoms with Crippen LogP contribution >= 0.6 is 0 Å². The molecule has 0 spiro atoms. The van der Waals surface area contributed by atoms with Gasteiger partial charge in [0.25, 0.3) is 0 Å². The number of aryl methyl sites for hydroxylation is 1. The van der Waals surface area contributed by atoms with E-state index in [1.807, 2.05) is 24.0 Å². The van der Waals surface area contributed by atoms with Crippen LogP contribution in [-0.4, -0.2) is 44.1 Å². The number of nitrogens with zero attached hydrogens (tertiary/aromatic N) is 1. The zero-order valence-corrected chi connectivity index (χ0v) is 14.1. The van der Waals surface area contributed by atoms with Crippen LogP contribution in [-0.2, 0) is 11.2 Å². The molecule has 6 heteroatoms. The normalized spacial score (nSPS) is 14.8. The highest BCUT2D eigenvalue weighted by atomic mass is 16.5. The molecule has 1 saturated heterocycles. The number of hydrogen-bond donors (Lipinski definition) is 1. The Morgan fingerprint density at radius 2 is 2.08 bits per heavy atom. The van der Waals surface area contributed by atoms with Gasteiger partial charge < -0.3 is 19.4 Å². The van der Waals surface area contributed by atoms with Crippen molar-refractivity contribution in [3.8, 4) is 5.75 Å². The number of hydrogen-bond acceptors (Lipinski definition) is 5. The Kier molecular flexibility index (Phi) is 4.85. The van der Waals surface area contributed by atoms with Gasteiger partial charge in [-0.15, -0.1) is 0 Å². The molecule has 24 heavy (non-hydrogen) atoms. The van der Waals surface area contributed by atoms with Crippen LogP contribution in [0.3, 0.4) is 0 Å². The lowest BCUT2D eigenvalue weighted by molar-refractivity contribution is -0.131. The van der Waals surface area contributed by atoms with Gasteiger partial charge in [-0.3, -0.25) is 4.79 Å². The van der Waals surface area contributed by atoms with Gasteiger partial charge in [-0.1, -0.05) is 0 Å². The molecule has 1 aliphatic rings. The SMILES string of the molecule is COc1ccc2c(C)c(CCC(=O)N3CCNCC3)c(=O)oc2c1. The van der Waals surface area contributed by atoms with E-state index in [2.05, 4.69) is 5.32 Å². The second-order valence-electron chi connectivity index (χ2n) is 5.99. The molecule has 3 rings (SSSR count). The minimum absolute atomic E-state index is 0.0881. The monoisotopic (exact) mass is 330 g/mol. The van der Waals surface area contributed by atoms with E-state index in [0.29, 0.717) is 29.7 Å². The standard InChI is InChI=1S/C18H22N2O4/c1-12-14-4-3-13(23-2)11-16(14)24-18(22)15(12)5-6-17(21)20-9-7-19-8-10-20/h3-4,11,19H,5-10H2,1-2H3. The third kappa shape index (κ3) is 3.28. The average Bonchev–Trinajstić information content (AvgIpc) is 2.61. The first-order valence-corrected chi connectivity index (χ1v) is 8.19. The second kappa shape index (κ2) is 7.05. The Morgan fingerprint density at radius 1 is 1.33 bits per heavy atom. The molecular weight excluding hydrogens is 308 g/mol. The van der Waals surface area contributed by atoms with Gasteiger partial charge in [0, 0.05) is 49.6 Å². The molecule has 0 saturated carbocycles. The highest BCUT2D eigenvalue weighted by Gasteiger charge is 2.18. The predicted octanol–water partition coefficient (Wildman–Crippen LogP) is 1.47. The lowest BCUT2D eigenvalue weighted by Gasteiger charge is -2.27. The summed E-state index contributed by atoms with van der Waals surface area (Å²) < 4.78 is 10.6. The van der Waals surface area contributed by atoms with Crippen molar-refractivity contribution in [3.05, 3.63) is 39.7 Å². The van der Waals surface area contributed by atoms with Crippen molar-refractivity contribution < 1.29 is 13.9 Å². The third-order valence-electron chi connectivity index (χ3n) is 4.55. The van der Waals surface area contributed by atoms with Crippen molar-refractivity contribution in [3.63, 3.8) is 0 Å². The maximum absolute atomic E-state index is 12.3. The minimum atomic E-state index is -0.374. The van der Waals surface area contributed by atoms with E-state index in [0.717, 1.165) is 37.1 Å². The number of carbonyl (C=O) groups is 1. The van der Waals surface area contributed by atoms with Gasteiger partial charge >= 0.3 is 5.63 Å². The van der Waals surface area contributed by atoms with E-state index in [9.17, 15) is 9.59 Å². The summed E-state index contributed by atoms with van der Waals surface area (Å²) in [5, 5.41) is 4.10. The molecule has 2 aromatic rings. The fraction of sp³-hybridized carbons (Fsp3) is 0.444. The van der Waals surface area contributed by atoms with Crippen molar-refractivity contribution in [2.45, 2.75) is 19.8 Å².